The Labute approximate surface area is 166 Å². The van der Waals surface area contributed by atoms with E-state index in [1.165, 1.54) is 0 Å². The van der Waals surface area contributed by atoms with Gasteiger partial charge in [0.05, 0.1) is 12.0 Å². The quantitative estimate of drug-likeness (QED) is 0.650. The fourth-order valence-corrected chi connectivity index (χ4v) is 2.95. The first-order chi connectivity index (χ1) is 12.8. The van der Waals surface area contributed by atoms with Gasteiger partial charge < -0.3 is 30.2 Å². The molecule has 1 aliphatic rings. The van der Waals surface area contributed by atoms with Gasteiger partial charge in [-0.3, -0.25) is 9.59 Å². The Balaban J connectivity index is 2.52. The summed E-state index contributed by atoms with van der Waals surface area (Å²) in [6.07, 6.45) is 0.188. The Hall–Kier alpha value is -2.32. The zero-order valence-electron chi connectivity index (χ0n) is 17.5. The summed E-state index contributed by atoms with van der Waals surface area (Å²) in [6.45, 7) is 10.9. The number of carboxylic acids is 1. The van der Waals surface area contributed by atoms with E-state index in [1.54, 1.807) is 46.4 Å². The molecule has 1 saturated heterocycles. The van der Waals surface area contributed by atoms with Gasteiger partial charge in [0.15, 0.2) is 0 Å². The average molecular weight is 398 g/mol. The second-order valence-corrected chi connectivity index (χ2v) is 8.52. The lowest BCUT2D eigenvalue weighted by Gasteiger charge is -2.34. The highest BCUT2D eigenvalue weighted by Crippen LogP contribution is 2.19. The van der Waals surface area contributed by atoms with E-state index >= 15 is 0 Å². The van der Waals surface area contributed by atoms with E-state index in [4.69, 9.17) is 4.74 Å². The standard InChI is InChI=1S/C19H33N3O6/c1-11(2)14(17(25)26)21-15(23)13-7-9-22(10-8-13)16(24)12(3)20-18(27)28-19(4,5)6/h11-14H,7-10H2,1-6H3,(H,20,27)(H,21,23)(H,25,26)/p-1/t12-,14-/m0/s1. The van der Waals surface area contributed by atoms with Crippen molar-refractivity contribution in [2.24, 2.45) is 11.8 Å². The number of carboxylic acid groups (broad SMARTS) is 1. The molecule has 9 heteroatoms. The molecular formula is C19H32N3O6-. The fraction of sp³-hybridized carbons (Fsp3) is 0.789. The highest BCUT2D eigenvalue weighted by molar-refractivity contribution is 5.86. The number of carbonyl (C=O) groups excluding carboxylic acids is 4. The van der Waals surface area contributed by atoms with E-state index in [2.05, 4.69) is 10.6 Å². The second kappa shape index (κ2) is 9.75. The molecule has 160 valence electrons. The predicted octanol–water partition coefficient (Wildman–Crippen LogP) is 0.0289. The van der Waals surface area contributed by atoms with Gasteiger partial charge in [-0.05, 0) is 46.5 Å². The fourth-order valence-electron chi connectivity index (χ4n) is 2.95. The third-order valence-corrected chi connectivity index (χ3v) is 4.50. The summed E-state index contributed by atoms with van der Waals surface area (Å²) in [5, 5.41) is 16.2. The molecule has 0 spiro atoms. The normalized spacial score (nSPS) is 17.6. The molecule has 0 aliphatic carbocycles. The van der Waals surface area contributed by atoms with Gasteiger partial charge in [-0.2, -0.15) is 0 Å². The molecule has 0 aromatic rings. The second-order valence-electron chi connectivity index (χ2n) is 8.52. The number of hydrogen-bond donors (Lipinski definition) is 2. The maximum absolute atomic E-state index is 12.5. The largest absolute Gasteiger partial charge is 0.548 e. The van der Waals surface area contributed by atoms with E-state index in [0.717, 1.165) is 0 Å². The van der Waals surface area contributed by atoms with Gasteiger partial charge in [0, 0.05) is 19.0 Å². The van der Waals surface area contributed by atoms with Crippen LogP contribution >= 0.6 is 0 Å². The molecule has 0 saturated carbocycles. The number of alkyl carbamates (subject to hydrolysis) is 1. The smallest absolute Gasteiger partial charge is 0.408 e. The van der Waals surface area contributed by atoms with Crippen LogP contribution in [0, 0.1) is 11.8 Å². The molecule has 0 aromatic carbocycles. The number of ether oxygens (including phenoxy) is 1. The molecule has 1 aliphatic heterocycles. The Morgan fingerprint density at radius 3 is 2.00 bits per heavy atom. The van der Waals surface area contributed by atoms with Crippen LogP contribution in [0.2, 0.25) is 0 Å². The molecule has 28 heavy (non-hydrogen) atoms. The predicted molar refractivity (Wildman–Crippen MR) is 99.9 cm³/mol. The molecule has 1 fully saturated rings. The number of nitrogens with one attached hydrogen (secondary N) is 2. The minimum absolute atomic E-state index is 0.250. The maximum atomic E-state index is 12.5. The summed E-state index contributed by atoms with van der Waals surface area (Å²) in [5.74, 6) is -2.54. The number of rotatable bonds is 6. The molecule has 0 radical (unpaired) electrons. The van der Waals surface area contributed by atoms with Crippen molar-refractivity contribution in [1.29, 1.82) is 0 Å². The summed E-state index contributed by atoms with van der Waals surface area (Å²) in [7, 11) is 0. The monoisotopic (exact) mass is 398 g/mol. The number of carbonyl (C=O) groups is 4. The Bertz CT molecular complexity index is 591. The molecule has 1 heterocycles. The van der Waals surface area contributed by atoms with Crippen molar-refractivity contribution in [3.05, 3.63) is 0 Å². The lowest BCUT2D eigenvalue weighted by molar-refractivity contribution is -0.309. The highest BCUT2D eigenvalue weighted by Gasteiger charge is 2.31. The van der Waals surface area contributed by atoms with E-state index in [0.29, 0.717) is 25.9 Å². The van der Waals surface area contributed by atoms with Gasteiger partial charge in [0.2, 0.25) is 11.8 Å². The third-order valence-electron chi connectivity index (χ3n) is 4.50. The summed E-state index contributed by atoms with van der Waals surface area (Å²) in [6, 6.07) is -1.78. The summed E-state index contributed by atoms with van der Waals surface area (Å²) in [5.41, 5.74) is -0.655. The zero-order chi connectivity index (χ0) is 21.6. The number of aliphatic carboxylic acids is 1. The molecule has 0 unspecified atom stereocenters. The number of amides is 3. The first kappa shape index (κ1) is 23.7. The molecular weight excluding hydrogens is 366 g/mol. The van der Waals surface area contributed by atoms with Crippen molar-refractivity contribution in [3.8, 4) is 0 Å². The third kappa shape index (κ3) is 7.36. The molecule has 2 atom stereocenters. The Morgan fingerprint density at radius 2 is 1.57 bits per heavy atom. The summed E-state index contributed by atoms with van der Waals surface area (Å²) >= 11 is 0. The van der Waals surface area contributed by atoms with Crippen LogP contribution in [-0.2, 0) is 19.1 Å². The number of hydrogen-bond acceptors (Lipinski definition) is 6. The van der Waals surface area contributed by atoms with Crippen LogP contribution in [0.3, 0.4) is 0 Å². The van der Waals surface area contributed by atoms with Crippen molar-refractivity contribution >= 4 is 23.9 Å². The number of likely N-dealkylation sites (tertiary alicyclic amines) is 1. The van der Waals surface area contributed by atoms with Crippen LogP contribution in [0.15, 0.2) is 0 Å². The molecule has 2 N–H and O–H groups in total. The summed E-state index contributed by atoms with van der Waals surface area (Å²) in [4.78, 5) is 49.3. The van der Waals surface area contributed by atoms with E-state index in [-0.39, 0.29) is 23.7 Å². The molecule has 3 amide bonds. The average Bonchev–Trinajstić information content (AvgIpc) is 2.56. The van der Waals surface area contributed by atoms with Gasteiger partial charge in [-0.1, -0.05) is 13.8 Å². The van der Waals surface area contributed by atoms with Gasteiger partial charge in [-0.25, -0.2) is 4.79 Å². The Kier molecular flexibility index (Phi) is 8.26. The summed E-state index contributed by atoms with van der Waals surface area (Å²) < 4.78 is 5.14. The van der Waals surface area contributed by atoms with Gasteiger partial charge in [0.1, 0.15) is 11.6 Å². The lowest BCUT2D eigenvalue weighted by Crippen LogP contribution is -2.54. The van der Waals surface area contributed by atoms with Crippen molar-refractivity contribution in [2.75, 3.05) is 13.1 Å². The number of nitrogens with zero attached hydrogens (tertiary/aromatic N) is 1. The van der Waals surface area contributed by atoms with Crippen LogP contribution < -0.4 is 15.7 Å². The van der Waals surface area contributed by atoms with Crippen molar-refractivity contribution < 1.29 is 29.0 Å². The van der Waals surface area contributed by atoms with Crippen LogP contribution in [0.5, 0.6) is 0 Å². The highest BCUT2D eigenvalue weighted by atomic mass is 16.6. The minimum Gasteiger partial charge on any atom is -0.548 e. The van der Waals surface area contributed by atoms with Crippen molar-refractivity contribution in [1.82, 2.24) is 15.5 Å². The maximum Gasteiger partial charge on any atom is 0.408 e. The molecule has 9 nitrogen and oxygen atoms in total. The van der Waals surface area contributed by atoms with Crippen molar-refractivity contribution in [2.45, 2.75) is 72.1 Å². The molecule has 0 bridgehead atoms. The topological polar surface area (TPSA) is 128 Å². The minimum atomic E-state index is -1.31. The van der Waals surface area contributed by atoms with Crippen LogP contribution in [-0.4, -0.2) is 59.6 Å². The SMILES string of the molecule is CC(C)[C@H](NC(=O)C1CCN(C(=O)[C@H](C)NC(=O)OC(C)(C)C)CC1)C(=O)[O-]. The van der Waals surface area contributed by atoms with E-state index < -0.39 is 29.7 Å². The van der Waals surface area contributed by atoms with Crippen LogP contribution in [0.4, 0.5) is 4.79 Å². The number of piperidine rings is 1. The first-order valence-electron chi connectivity index (χ1n) is 9.61. The van der Waals surface area contributed by atoms with Crippen LogP contribution in [0.1, 0.15) is 54.4 Å². The van der Waals surface area contributed by atoms with Gasteiger partial charge in [-0.15, -0.1) is 0 Å². The van der Waals surface area contributed by atoms with E-state index in [9.17, 15) is 24.3 Å². The lowest BCUT2D eigenvalue weighted by atomic mass is 9.94. The Morgan fingerprint density at radius 1 is 1.04 bits per heavy atom. The van der Waals surface area contributed by atoms with Gasteiger partial charge >= 0.3 is 6.09 Å². The zero-order valence-corrected chi connectivity index (χ0v) is 17.5. The van der Waals surface area contributed by atoms with Crippen LogP contribution in [0.25, 0.3) is 0 Å². The van der Waals surface area contributed by atoms with Crippen molar-refractivity contribution in [3.63, 3.8) is 0 Å². The molecule has 1 rings (SSSR count). The molecule has 0 aromatic heterocycles. The first-order valence-corrected chi connectivity index (χ1v) is 9.61. The van der Waals surface area contributed by atoms with E-state index in [1.807, 2.05) is 0 Å². The van der Waals surface area contributed by atoms with Gasteiger partial charge in [0.25, 0.3) is 0 Å².